The zero-order valence-electron chi connectivity index (χ0n) is 25.3. The van der Waals surface area contributed by atoms with Crippen LogP contribution >= 0.6 is 11.6 Å². The van der Waals surface area contributed by atoms with E-state index in [1.165, 1.54) is 11.1 Å². The molecule has 2 unspecified atom stereocenters. The lowest BCUT2D eigenvalue weighted by molar-refractivity contribution is -0.124. The van der Waals surface area contributed by atoms with Gasteiger partial charge in [0.25, 0.3) is 10.0 Å². The van der Waals surface area contributed by atoms with Gasteiger partial charge in [0.2, 0.25) is 5.91 Å². The van der Waals surface area contributed by atoms with Crippen LogP contribution < -0.4 is 14.4 Å². The number of rotatable bonds is 0. The Balaban J connectivity index is 1.32. The molecule has 2 saturated carbocycles. The second-order valence-electron chi connectivity index (χ2n) is 14.5. The number of anilines is 1. The Kier molecular flexibility index (Phi) is 7.10. The third kappa shape index (κ3) is 5.05. The van der Waals surface area contributed by atoms with E-state index < -0.39 is 27.4 Å². The number of fused-ring (bicyclic) bond motifs is 5. The molecule has 9 heteroatoms. The summed E-state index contributed by atoms with van der Waals surface area (Å²) >= 11 is 6.41. The summed E-state index contributed by atoms with van der Waals surface area (Å²) in [6.45, 7) is 7.72. The lowest BCUT2D eigenvalue weighted by Crippen LogP contribution is -2.53. The van der Waals surface area contributed by atoms with Gasteiger partial charge in [0.05, 0.1) is 22.8 Å². The Labute approximate surface area is 260 Å². The predicted octanol–water partition coefficient (Wildman–Crippen LogP) is 5.71. The Bertz CT molecular complexity index is 1560. The third-order valence-corrected chi connectivity index (χ3v) is 13.4. The highest BCUT2D eigenvalue weighted by atomic mass is 35.5. The van der Waals surface area contributed by atoms with Crippen LogP contribution in [0, 0.1) is 35.5 Å². The molecular formula is C34H43ClN2O5S. The number of nitrogens with one attached hydrogen (secondary N) is 1. The van der Waals surface area contributed by atoms with Gasteiger partial charge in [-0.3, -0.25) is 4.79 Å². The van der Waals surface area contributed by atoms with Gasteiger partial charge in [0.1, 0.15) is 5.75 Å². The molecule has 2 N–H and O–H groups in total. The van der Waals surface area contributed by atoms with Crippen molar-refractivity contribution in [2.75, 3.05) is 24.6 Å². The molecule has 1 amide bonds. The zero-order valence-corrected chi connectivity index (χ0v) is 26.9. The zero-order chi connectivity index (χ0) is 30.3. The topological polar surface area (TPSA) is 95.9 Å². The van der Waals surface area contributed by atoms with Crippen molar-refractivity contribution in [1.82, 2.24) is 4.72 Å². The van der Waals surface area contributed by atoms with E-state index in [9.17, 15) is 18.3 Å². The number of carbonyl (C=O) groups is 1. The average molecular weight is 627 g/mol. The van der Waals surface area contributed by atoms with Gasteiger partial charge in [0.15, 0.2) is 0 Å². The molecule has 43 heavy (non-hydrogen) atoms. The molecule has 8 atom stereocenters. The van der Waals surface area contributed by atoms with Crippen molar-refractivity contribution in [2.24, 2.45) is 35.5 Å². The molecule has 1 spiro atoms. The van der Waals surface area contributed by atoms with E-state index in [0.717, 1.165) is 55.7 Å². The molecule has 7 rings (SSSR count). The number of amides is 1. The molecule has 5 aliphatic rings. The van der Waals surface area contributed by atoms with E-state index >= 15 is 0 Å². The third-order valence-electron chi connectivity index (χ3n) is 11.8. The molecular weight excluding hydrogens is 584 g/mol. The first-order chi connectivity index (χ1) is 20.4. The maximum absolute atomic E-state index is 13.6. The minimum absolute atomic E-state index is 0.00599. The monoisotopic (exact) mass is 626 g/mol. The van der Waals surface area contributed by atoms with Crippen LogP contribution in [0.5, 0.6) is 5.75 Å². The van der Waals surface area contributed by atoms with Crippen LogP contribution in [0.1, 0.15) is 70.4 Å². The van der Waals surface area contributed by atoms with Gasteiger partial charge in [-0.1, -0.05) is 31.5 Å². The number of sulfonamides is 1. The lowest BCUT2D eigenvalue weighted by atomic mass is 9.63. The molecule has 3 aliphatic carbocycles. The quantitative estimate of drug-likeness (QED) is 0.389. The van der Waals surface area contributed by atoms with Crippen molar-refractivity contribution in [1.29, 1.82) is 0 Å². The summed E-state index contributed by atoms with van der Waals surface area (Å²) < 4.78 is 36.1. The normalized spacial score (nSPS) is 38.3. The molecule has 2 aromatic rings. The highest BCUT2D eigenvalue weighted by molar-refractivity contribution is 7.90. The number of aliphatic hydroxyl groups is 1. The van der Waals surface area contributed by atoms with Gasteiger partial charge in [0, 0.05) is 29.4 Å². The van der Waals surface area contributed by atoms with E-state index in [0.29, 0.717) is 31.4 Å². The molecule has 0 radical (unpaired) electrons. The van der Waals surface area contributed by atoms with Crippen molar-refractivity contribution in [2.45, 2.75) is 81.6 Å². The van der Waals surface area contributed by atoms with Crippen LogP contribution in [0.15, 0.2) is 41.3 Å². The summed E-state index contributed by atoms with van der Waals surface area (Å²) in [6.07, 6.45) is 6.74. The fourth-order valence-corrected chi connectivity index (χ4v) is 10.1. The summed E-state index contributed by atoms with van der Waals surface area (Å²) in [5.74, 6) is 0.736. The van der Waals surface area contributed by atoms with E-state index in [4.69, 9.17) is 16.3 Å². The summed E-state index contributed by atoms with van der Waals surface area (Å²) in [7, 11) is -4.08. The Morgan fingerprint density at radius 3 is 2.65 bits per heavy atom. The van der Waals surface area contributed by atoms with Crippen LogP contribution in [0.25, 0.3) is 0 Å². The Hall–Kier alpha value is -2.29. The van der Waals surface area contributed by atoms with E-state index in [1.54, 1.807) is 25.1 Å². The molecule has 2 fully saturated rings. The number of ether oxygens (including phenoxy) is 1. The van der Waals surface area contributed by atoms with Gasteiger partial charge in [-0.25, -0.2) is 13.1 Å². The highest BCUT2D eigenvalue weighted by Gasteiger charge is 2.57. The summed E-state index contributed by atoms with van der Waals surface area (Å²) in [4.78, 5) is 15.6. The lowest BCUT2D eigenvalue weighted by Gasteiger charge is -2.49. The largest absolute Gasteiger partial charge is 0.490 e. The number of carbonyl (C=O) groups excluding carboxylic acids is 1. The van der Waals surface area contributed by atoms with Gasteiger partial charge < -0.3 is 14.7 Å². The van der Waals surface area contributed by atoms with Crippen molar-refractivity contribution < 1.29 is 23.1 Å². The highest BCUT2D eigenvalue weighted by Crippen LogP contribution is 2.58. The van der Waals surface area contributed by atoms with E-state index in [1.807, 2.05) is 19.9 Å². The van der Waals surface area contributed by atoms with Crippen LogP contribution in [-0.2, 0) is 26.7 Å². The number of nitrogens with zero attached hydrogens (tertiary/aromatic N) is 1. The molecule has 2 aliphatic heterocycles. The average Bonchev–Trinajstić information content (AvgIpc) is 3.73. The van der Waals surface area contributed by atoms with Crippen LogP contribution in [0.2, 0.25) is 5.02 Å². The molecule has 0 aromatic heterocycles. The molecule has 2 heterocycles. The second kappa shape index (κ2) is 10.4. The summed E-state index contributed by atoms with van der Waals surface area (Å²) in [5.41, 5.74) is 2.19. The number of halogens is 1. The number of aryl methyl sites for hydroxylation is 1. The fraction of sp³-hybridized carbons (Fsp3) is 0.618. The molecule has 7 nitrogen and oxygen atoms in total. The van der Waals surface area contributed by atoms with Gasteiger partial charge >= 0.3 is 0 Å². The summed E-state index contributed by atoms with van der Waals surface area (Å²) in [5, 5.41) is 12.7. The maximum Gasteiger partial charge on any atom is 0.264 e. The molecule has 0 saturated heterocycles. The Morgan fingerprint density at radius 2 is 1.88 bits per heavy atom. The van der Waals surface area contributed by atoms with Crippen LogP contribution in [0.3, 0.4) is 0 Å². The van der Waals surface area contributed by atoms with E-state index in [-0.39, 0.29) is 34.0 Å². The van der Waals surface area contributed by atoms with Crippen LogP contribution in [-0.4, -0.2) is 44.7 Å². The first-order valence-electron chi connectivity index (χ1n) is 16.0. The Morgan fingerprint density at radius 1 is 1.07 bits per heavy atom. The molecule has 2 bridgehead atoms. The smallest absolute Gasteiger partial charge is 0.264 e. The second-order valence-corrected chi connectivity index (χ2v) is 16.6. The first-order valence-corrected chi connectivity index (χ1v) is 17.8. The van der Waals surface area contributed by atoms with Crippen molar-refractivity contribution in [3.8, 4) is 5.75 Å². The van der Waals surface area contributed by atoms with Gasteiger partial charge in [-0.2, -0.15) is 0 Å². The minimum Gasteiger partial charge on any atom is -0.490 e. The standard InChI is InChI=1S/C34H43ClN2O5S/c1-20-13-24-15-29(24)33(3,39)27-9-6-23(27)17-37-18-34(12-4-5-22-14-25(35)7-10-28(22)34)19-42-31-11-8-26(16-30(31)37)43(40,41)36-32(38)21(20)2/h7-8,10-11,14,16,20-21,23-24,27,29,39H,4-6,9,12-13,15,17-19H2,1-3H3,(H,36,38)/t20-,21+,23-,24?,27+,29?,33+,34-/m0/s1. The fourth-order valence-electron chi connectivity index (χ4n) is 8.82. The van der Waals surface area contributed by atoms with Gasteiger partial charge in [-0.15, -0.1) is 0 Å². The van der Waals surface area contributed by atoms with Crippen molar-refractivity contribution in [3.05, 3.63) is 52.5 Å². The van der Waals surface area contributed by atoms with Crippen molar-refractivity contribution >= 4 is 33.2 Å². The van der Waals surface area contributed by atoms with Crippen molar-refractivity contribution in [3.63, 3.8) is 0 Å². The molecule has 2 aromatic carbocycles. The predicted molar refractivity (Wildman–Crippen MR) is 167 cm³/mol. The number of hydrogen-bond donors (Lipinski definition) is 2. The van der Waals surface area contributed by atoms with Gasteiger partial charge in [-0.05, 0) is 123 Å². The minimum atomic E-state index is -4.08. The van der Waals surface area contributed by atoms with E-state index in [2.05, 4.69) is 21.8 Å². The summed E-state index contributed by atoms with van der Waals surface area (Å²) in [6, 6.07) is 11.1. The van der Waals surface area contributed by atoms with Crippen LogP contribution in [0.4, 0.5) is 5.69 Å². The first kappa shape index (κ1) is 29.4. The molecule has 232 valence electrons. The number of hydrogen-bond acceptors (Lipinski definition) is 6. The maximum atomic E-state index is 13.6. The SMILES string of the molecule is C[C@H]1CC2CC2[C@](C)(O)[C@@H]2CC[C@H]2CN2C[C@@]3(CCCc4cc(Cl)ccc43)COc3ccc(cc32)S(=O)(=O)NC(=O)[C@@H]1C. The number of benzene rings is 2.